The molecule has 21 heavy (non-hydrogen) atoms. The van der Waals surface area contributed by atoms with E-state index < -0.39 is 10.0 Å². The van der Waals surface area contributed by atoms with E-state index in [4.69, 9.17) is 4.74 Å². The molecule has 0 spiro atoms. The third-order valence-corrected chi connectivity index (χ3v) is 5.52. The highest BCUT2D eigenvalue weighted by Crippen LogP contribution is 2.08. The largest absolute Gasteiger partial charge is 0.374 e. The molecule has 1 aliphatic rings. The van der Waals surface area contributed by atoms with E-state index in [0.717, 1.165) is 26.2 Å². The predicted octanol–water partition coefficient (Wildman–Crippen LogP) is -0.135. The first-order chi connectivity index (χ1) is 9.97. The summed E-state index contributed by atoms with van der Waals surface area (Å²) in [5.74, 6) is 0.196. The lowest BCUT2D eigenvalue weighted by atomic mass is 10.2. The van der Waals surface area contributed by atoms with Crippen molar-refractivity contribution in [3.05, 3.63) is 18.5 Å². The normalized spacial score (nSPS) is 21.0. The number of hydrogen-bond acceptors (Lipinski definition) is 5. The third-order valence-electron chi connectivity index (χ3n) is 3.61. The molecule has 0 unspecified atom stereocenters. The summed E-state index contributed by atoms with van der Waals surface area (Å²) in [5, 5.41) is 4.18. The van der Waals surface area contributed by atoms with Crippen LogP contribution < -0.4 is 0 Å². The molecule has 0 radical (unpaired) electrons. The quantitative estimate of drug-likeness (QED) is 0.701. The summed E-state index contributed by atoms with van der Waals surface area (Å²) in [4.78, 5) is 2.27. The predicted molar refractivity (Wildman–Crippen MR) is 80.5 cm³/mol. The van der Waals surface area contributed by atoms with Gasteiger partial charge in [-0.05, 0) is 19.0 Å². The fourth-order valence-electron chi connectivity index (χ4n) is 2.36. The molecule has 120 valence electrons. The van der Waals surface area contributed by atoms with E-state index in [0.29, 0.717) is 13.0 Å². The van der Waals surface area contributed by atoms with Crippen LogP contribution in [0.5, 0.6) is 0 Å². The summed E-state index contributed by atoms with van der Waals surface area (Å²) < 4.78 is 32.3. The molecule has 0 bridgehead atoms. The molecule has 1 aromatic rings. The summed E-state index contributed by atoms with van der Waals surface area (Å²) in [5.41, 5.74) is 0. The number of hydrogen-bond donors (Lipinski definition) is 0. The Morgan fingerprint density at radius 3 is 2.90 bits per heavy atom. The third kappa shape index (κ3) is 5.06. The first-order valence-electron chi connectivity index (χ1n) is 7.19. The number of aromatic nitrogens is 2. The van der Waals surface area contributed by atoms with Gasteiger partial charge < -0.3 is 4.74 Å². The average molecular weight is 316 g/mol. The van der Waals surface area contributed by atoms with Gasteiger partial charge in [-0.15, -0.1) is 0 Å². The van der Waals surface area contributed by atoms with Crippen LogP contribution in [0.4, 0.5) is 0 Å². The van der Waals surface area contributed by atoms with Gasteiger partial charge in [-0.1, -0.05) is 0 Å². The summed E-state index contributed by atoms with van der Waals surface area (Å²) in [6.45, 7) is 3.89. The fraction of sp³-hybridized carbons (Fsp3) is 0.769. The minimum atomic E-state index is -3.09. The molecular weight excluding hydrogens is 292 g/mol. The van der Waals surface area contributed by atoms with Crippen molar-refractivity contribution < 1.29 is 13.2 Å². The minimum absolute atomic E-state index is 0.115. The lowest BCUT2D eigenvalue weighted by Crippen LogP contribution is -2.45. The maximum Gasteiger partial charge on any atom is 0.213 e. The minimum Gasteiger partial charge on any atom is -0.374 e. The standard InChI is InChI=1S/C13H24N4O3S/c1-15(2)21(18,19)10-4-6-16-8-9-20-13(11-16)12-17-7-3-5-14-17/h3,5,7,13H,4,6,8-12H2,1-2H3/t13-/m1/s1. The second-order valence-corrected chi connectivity index (χ2v) is 7.78. The van der Waals surface area contributed by atoms with Crippen LogP contribution in [0.2, 0.25) is 0 Å². The van der Waals surface area contributed by atoms with Crippen molar-refractivity contribution in [3.8, 4) is 0 Å². The molecule has 0 saturated carbocycles. The summed E-state index contributed by atoms with van der Waals surface area (Å²) >= 11 is 0. The van der Waals surface area contributed by atoms with Crippen molar-refractivity contribution in [3.63, 3.8) is 0 Å². The molecule has 1 saturated heterocycles. The maximum atomic E-state index is 11.7. The Kier molecular flexibility index (Phi) is 5.74. The van der Waals surface area contributed by atoms with Crippen LogP contribution in [0.15, 0.2) is 18.5 Å². The van der Waals surface area contributed by atoms with E-state index in [1.165, 1.54) is 4.31 Å². The molecule has 7 nitrogen and oxygen atoms in total. The average Bonchev–Trinajstić information content (AvgIpc) is 2.91. The number of morpholine rings is 1. The van der Waals surface area contributed by atoms with Crippen LogP contribution in [0.1, 0.15) is 6.42 Å². The lowest BCUT2D eigenvalue weighted by Gasteiger charge is -2.32. The van der Waals surface area contributed by atoms with Crippen LogP contribution in [-0.4, -0.2) is 79.6 Å². The summed E-state index contributed by atoms with van der Waals surface area (Å²) in [6.07, 6.45) is 4.44. The molecule has 1 aliphatic heterocycles. The number of sulfonamides is 1. The topological polar surface area (TPSA) is 67.7 Å². The summed E-state index contributed by atoms with van der Waals surface area (Å²) in [7, 11) is 0.0549. The van der Waals surface area contributed by atoms with Crippen LogP contribution >= 0.6 is 0 Å². The van der Waals surface area contributed by atoms with E-state index >= 15 is 0 Å². The SMILES string of the molecule is CN(C)S(=O)(=O)CCCN1CCO[C@@H](Cn2cccn2)C1. The van der Waals surface area contributed by atoms with E-state index in [9.17, 15) is 8.42 Å². The van der Waals surface area contributed by atoms with Crippen molar-refractivity contribution >= 4 is 10.0 Å². The molecule has 2 heterocycles. The van der Waals surface area contributed by atoms with Gasteiger partial charge in [0, 0.05) is 39.6 Å². The van der Waals surface area contributed by atoms with Gasteiger partial charge in [0.05, 0.1) is 25.0 Å². The number of nitrogens with zero attached hydrogens (tertiary/aromatic N) is 4. The first-order valence-corrected chi connectivity index (χ1v) is 8.80. The second kappa shape index (κ2) is 7.35. The van der Waals surface area contributed by atoms with Gasteiger partial charge in [-0.3, -0.25) is 9.58 Å². The Hall–Kier alpha value is -0.960. The van der Waals surface area contributed by atoms with Crippen molar-refractivity contribution in [1.82, 2.24) is 19.0 Å². The van der Waals surface area contributed by atoms with Gasteiger partial charge in [0.25, 0.3) is 0 Å². The molecule has 0 N–H and O–H groups in total. The van der Waals surface area contributed by atoms with Crippen molar-refractivity contribution in [2.24, 2.45) is 0 Å². The second-order valence-electron chi connectivity index (χ2n) is 5.47. The Labute approximate surface area is 126 Å². The molecule has 1 fully saturated rings. The summed E-state index contributed by atoms with van der Waals surface area (Å²) in [6, 6.07) is 1.90. The van der Waals surface area contributed by atoms with E-state index in [2.05, 4.69) is 10.00 Å². The highest BCUT2D eigenvalue weighted by atomic mass is 32.2. The van der Waals surface area contributed by atoms with Crippen molar-refractivity contribution in [2.45, 2.75) is 19.1 Å². The molecule has 1 aromatic heterocycles. The van der Waals surface area contributed by atoms with Gasteiger partial charge in [-0.25, -0.2) is 12.7 Å². The van der Waals surface area contributed by atoms with Crippen LogP contribution in [-0.2, 0) is 21.3 Å². The lowest BCUT2D eigenvalue weighted by molar-refractivity contribution is -0.0372. The van der Waals surface area contributed by atoms with Gasteiger partial charge in [0.1, 0.15) is 0 Å². The Bertz CT molecular complexity index is 516. The first kappa shape index (κ1) is 16.4. The van der Waals surface area contributed by atoms with Crippen LogP contribution in [0, 0.1) is 0 Å². The Morgan fingerprint density at radius 1 is 1.43 bits per heavy atom. The van der Waals surface area contributed by atoms with Crippen LogP contribution in [0.3, 0.4) is 0 Å². The van der Waals surface area contributed by atoms with Gasteiger partial charge in [0.2, 0.25) is 10.0 Å². The van der Waals surface area contributed by atoms with Gasteiger partial charge in [-0.2, -0.15) is 5.10 Å². The highest BCUT2D eigenvalue weighted by Gasteiger charge is 2.21. The molecule has 8 heteroatoms. The molecule has 2 rings (SSSR count). The molecular formula is C13H24N4O3S. The Morgan fingerprint density at radius 2 is 2.24 bits per heavy atom. The molecule has 0 aromatic carbocycles. The van der Waals surface area contributed by atoms with E-state index in [1.807, 2.05) is 16.9 Å². The number of ether oxygens (including phenoxy) is 1. The molecule has 0 amide bonds. The van der Waals surface area contributed by atoms with Crippen molar-refractivity contribution in [2.75, 3.05) is 46.1 Å². The van der Waals surface area contributed by atoms with Crippen molar-refractivity contribution in [1.29, 1.82) is 0 Å². The smallest absolute Gasteiger partial charge is 0.213 e. The van der Waals surface area contributed by atoms with Gasteiger partial charge in [0.15, 0.2) is 0 Å². The zero-order valence-corrected chi connectivity index (χ0v) is 13.5. The molecule has 0 aliphatic carbocycles. The van der Waals surface area contributed by atoms with E-state index in [-0.39, 0.29) is 11.9 Å². The highest BCUT2D eigenvalue weighted by molar-refractivity contribution is 7.89. The maximum absolute atomic E-state index is 11.7. The molecule has 1 atom stereocenters. The zero-order chi connectivity index (χ0) is 15.3. The zero-order valence-electron chi connectivity index (χ0n) is 12.7. The van der Waals surface area contributed by atoms with Crippen LogP contribution in [0.25, 0.3) is 0 Å². The Balaban J connectivity index is 1.74. The van der Waals surface area contributed by atoms with E-state index in [1.54, 1.807) is 20.3 Å². The number of rotatable bonds is 7. The fourth-order valence-corrected chi connectivity index (χ4v) is 3.22. The van der Waals surface area contributed by atoms with Gasteiger partial charge >= 0.3 is 0 Å². The monoisotopic (exact) mass is 316 g/mol.